The molecule has 2 aromatic carbocycles. The Bertz CT molecular complexity index is 1510. The van der Waals surface area contributed by atoms with Gasteiger partial charge in [-0.25, -0.2) is 9.59 Å². The molecule has 250 valence electrons. The molecule has 0 aromatic heterocycles. The number of likely N-dealkylation sites (tertiary alicyclic amines) is 2. The third-order valence-corrected chi connectivity index (χ3v) is 10.8. The number of para-hydroxylation sites is 1. The molecule has 6 rings (SSSR count). The molecule has 2 aromatic rings. The maximum atomic E-state index is 14.0. The second-order valence-corrected chi connectivity index (χ2v) is 13.7. The van der Waals surface area contributed by atoms with Crippen LogP contribution in [0.3, 0.4) is 0 Å². The van der Waals surface area contributed by atoms with Crippen LogP contribution in [0.5, 0.6) is 0 Å². The summed E-state index contributed by atoms with van der Waals surface area (Å²) < 4.78 is 6.03. The summed E-state index contributed by atoms with van der Waals surface area (Å²) in [6.45, 7) is 4.88. The lowest BCUT2D eigenvalue weighted by Crippen LogP contribution is -2.52. The molecule has 3 saturated heterocycles. The quantitative estimate of drug-likeness (QED) is 0.304. The van der Waals surface area contributed by atoms with Gasteiger partial charge in [-0.3, -0.25) is 4.79 Å². The fourth-order valence-electron chi connectivity index (χ4n) is 7.71. The van der Waals surface area contributed by atoms with E-state index in [2.05, 4.69) is 16.6 Å². The van der Waals surface area contributed by atoms with Crippen molar-refractivity contribution in [3.05, 3.63) is 58.1 Å². The molecule has 10 nitrogen and oxygen atoms in total. The fraction of sp³-hybridized carbons (Fsp3) is 0.528. The molecule has 4 amide bonds. The minimum absolute atomic E-state index is 0.00568. The number of carbonyl (C=O) groups is 3. The Hall–Kier alpha value is -3.94. The number of ether oxygens (including phenoxy) is 1. The number of urea groups is 1. The minimum Gasteiger partial charge on any atom is -0.436 e. The van der Waals surface area contributed by atoms with Crippen molar-refractivity contribution in [1.29, 1.82) is 0 Å². The fourth-order valence-corrected chi connectivity index (χ4v) is 7.95. The number of hydrogen-bond donors (Lipinski definition) is 3. The summed E-state index contributed by atoms with van der Waals surface area (Å²) in [6, 6.07) is 11.2. The zero-order chi connectivity index (χ0) is 32.9. The van der Waals surface area contributed by atoms with Gasteiger partial charge >= 0.3 is 12.1 Å². The number of nitrogens with one attached hydrogen (secondary N) is 2. The molecule has 3 fully saturated rings. The van der Waals surface area contributed by atoms with E-state index in [1.54, 1.807) is 17.0 Å². The van der Waals surface area contributed by atoms with Crippen molar-refractivity contribution < 1.29 is 19.1 Å². The number of carbonyl (C=O) groups excluding carboxylic acids is 3. The Kier molecular flexibility index (Phi) is 10.4. The zero-order valence-electron chi connectivity index (χ0n) is 26.9. The van der Waals surface area contributed by atoms with Gasteiger partial charge in [-0.1, -0.05) is 35.7 Å². The maximum absolute atomic E-state index is 14.0. The van der Waals surface area contributed by atoms with Crippen molar-refractivity contribution in [2.75, 3.05) is 56.9 Å². The van der Waals surface area contributed by atoms with Crippen LogP contribution in [0.4, 0.5) is 21.0 Å². The standard InChI is InChI=1S/C36H45ClN6O4/c1-2-25-21-24(22-30(37)33(25)38)23-32(34(44)41-16-9-27(10-17-41)26-7-14-39-15-8-26)47-36(46)42-18-12-29(13-19-42)43-20-11-28-5-3-4-6-31(28)40-35(43)45/h1,3-6,21-22,26-27,29,32,39H,7-20,23,38H2,(H,40,45)/t32-/m1/s1. The number of halogens is 1. The molecule has 0 radical (unpaired) electrons. The number of piperidine rings is 3. The summed E-state index contributed by atoms with van der Waals surface area (Å²) in [6.07, 6.45) is 10.5. The van der Waals surface area contributed by atoms with Crippen LogP contribution in [0.2, 0.25) is 5.02 Å². The molecular weight excluding hydrogens is 616 g/mol. The Balaban J connectivity index is 1.10. The summed E-state index contributed by atoms with van der Waals surface area (Å²) >= 11 is 6.38. The van der Waals surface area contributed by atoms with E-state index in [1.165, 1.54) is 12.8 Å². The van der Waals surface area contributed by atoms with Crippen LogP contribution >= 0.6 is 11.6 Å². The number of anilines is 2. The number of benzene rings is 2. The smallest absolute Gasteiger partial charge is 0.410 e. The number of terminal acetylenes is 1. The number of nitrogen functional groups attached to an aromatic ring is 1. The molecule has 0 unspecified atom stereocenters. The largest absolute Gasteiger partial charge is 0.436 e. The molecule has 0 bridgehead atoms. The molecule has 1 atom stereocenters. The summed E-state index contributed by atoms with van der Waals surface area (Å²) in [5, 5.41) is 6.78. The Morgan fingerprint density at radius 2 is 1.66 bits per heavy atom. The van der Waals surface area contributed by atoms with Gasteiger partial charge in [0.2, 0.25) is 0 Å². The Labute approximate surface area is 282 Å². The molecular formula is C36H45ClN6O4. The van der Waals surface area contributed by atoms with Crippen molar-refractivity contribution >= 4 is 41.0 Å². The summed E-state index contributed by atoms with van der Waals surface area (Å²) in [4.78, 5) is 46.0. The topological polar surface area (TPSA) is 120 Å². The summed E-state index contributed by atoms with van der Waals surface area (Å²) in [5.41, 5.74) is 9.45. The van der Waals surface area contributed by atoms with E-state index in [0.29, 0.717) is 79.2 Å². The van der Waals surface area contributed by atoms with Gasteiger partial charge in [0.05, 0.1) is 10.7 Å². The third kappa shape index (κ3) is 7.63. The van der Waals surface area contributed by atoms with Gasteiger partial charge in [-0.05, 0) is 99.2 Å². The van der Waals surface area contributed by atoms with Gasteiger partial charge in [0, 0.05) is 56.4 Å². The molecule has 0 saturated carbocycles. The van der Waals surface area contributed by atoms with E-state index in [4.69, 9.17) is 28.5 Å². The highest BCUT2D eigenvalue weighted by Gasteiger charge is 2.36. The van der Waals surface area contributed by atoms with E-state index in [-0.39, 0.29) is 24.4 Å². The minimum atomic E-state index is -1.03. The van der Waals surface area contributed by atoms with Gasteiger partial charge in [0.1, 0.15) is 0 Å². The van der Waals surface area contributed by atoms with Gasteiger partial charge in [-0.2, -0.15) is 0 Å². The van der Waals surface area contributed by atoms with Crippen LogP contribution in [0.25, 0.3) is 0 Å². The second-order valence-electron chi connectivity index (χ2n) is 13.3. The molecule has 0 spiro atoms. The number of nitrogens with zero attached hydrogens (tertiary/aromatic N) is 3. The van der Waals surface area contributed by atoms with Crippen LogP contribution in [-0.4, -0.2) is 90.7 Å². The molecule has 4 aliphatic rings. The lowest BCUT2D eigenvalue weighted by molar-refractivity contribution is -0.142. The van der Waals surface area contributed by atoms with E-state index in [0.717, 1.165) is 43.6 Å². The van der Waals surface area contributed by atoms with Crippen LogP contribution in [0, 0.1) is 24.2 Å². The highest BCUT2D eigenvalue weighted by atomic mass is 35.5. The van der Waals surface area contributed by atoms with Crippen LogP contribution in [-0.2, 0) is 22.4 Å². The number of rotatable bonds is 6. The molecule has 4 aliphatic heterocycles. The zero-order valence-corrected chi connectivity index (χ0v) is 27.6. The van der Waals surface area contributed by atoms with Crippen LogP contribution < -0.4 is 16.4 Å². The average molecular weight is 661 g/mol. The first-order chi connectivity index (χ1) is 22.8. The van der Waals surface area contributed by atoms with Crippen molar-refractivity contribution in [2.24, 2.45) is 11.8 Å². The highest BCUT2D eigenvalue weighted by Crippen LogP contribution is 2.32. The summed E-state index contributed by atoms with van der Waals surface area (Å²) in [5.74, 6) is 3.66. The molecule has 47 heavy (non-hydrogen) atoms. The SMILES string of the molecule is C#Cc1cc(C[C@@H](OC(=O)N2CCC(N3CCc4ccccc4NC3=O)CC2)C(=O)N2CCC(C3CCNCC3)CC2)cc(Cl)c1N. The number of amides is 4. The first-order valence-corrected chi connectivity index (χ1v) is 17.3. The monoisotopic (exact) mass is 660 g/mol. The molecule has 4 heterocycles. The normalized spacial score (nSPS) is 20.5. The van der Waals surface area contributed by atoms with Crippen molar-refractivity contribution in [2.45, 2.75) is 63.5 Å². The first kappa shape index (κ1) is 33.0. The van der Waals surface area contributed by atoms with Gasteiger partial charge < -0.3 is 35.8 Å². The van der Waals surface area contributed by atoms with E-state index >= 15 is 0 Å². The maximum Gasteiger partial charge on any atom is 0.410 e. The Morgan fingerprint density at radius 1 is 0.979 bits per heavy atom. The highest BCUT2D eigenvalue weighted by molar-refractivity contribution is 6.33. The van der Waals surface area contributed by atoms with Gasteiger partial charge in [0.25, 0.3) is 5.91 Å². The first-order valence-electron chi connectivity index (χ1n) is 17.0. The second kappa shape index (κ2) is 14.9. The van der Waals surface area contributed by atoms with E-state index in [1.807, 2.05) is 34.1 Å². The van der Waals surface area contributed by atoms with Gasteiger partial charge in [-0.15, -0.1) is 6.42 Å². The predicted octanol–water partition coefficient (Wildman–Crippen LogP) is 4.74. The molecule has 0 aliphatic carbocycles. The Morgan fingerprint density at radius 3 is 2.38 bits per heavy atom. The van der Waals surface area contributed by atoms with Crippen LogP contribution in [0.15, 0.2) is 36.4 Å². The number of nitrogens with two attached hydrogens (primary N) is 1. The number of fused-ring (bicyclic) bond motifs is 1. The van der Waals surface area contributed by atoms with Crippen LogP contribution in [0.1, 0.15) is 55.2 Å². The van der Waals surface area contributed by atoms with Crippen molar-refractivity contribution in [1.82, 2.24) is 20.0 Å². The summed E-state index contributed by atoms with van der Waals surface area (Å²) in [7, 11) is 0. The lowest BCUT2D eigenvalue weighted by atomic mass is 9.79. The predicted molar refractivity (Wildman–Crippen MR) is 183 cm³/mol. The van der Waals surface area contributed by atoms with E-state index in [9.17, 15) is 14.4 Å². The lowest BCUT2D eigenvalue weighted by Gasteiger charge is -2.39. The van der Waals surface area contributed by atoms with Crippen molar-refractivity contribution in [3.8, 4) is 12.3 Å². The van der Waals surface area contributed by atoms with Gasteiger partial charge in [0.15, 0.2) is 6.10 Å². The number of hydrogen-bond acceptors (Lipinski definition) is 6. The third-order valence-electron chi connectivity index (χ3n) is 10.5. The van der Waals surface area contributed by atoms with E-state index < -0.39 is 12.2 Å². The molecule has 11 heteroatoms. The molecule has 4 N–H and O–H groups in total. The van der Waals surface area contributed by atoms with Crippen molar-refractivity contribution in [3.63, 3.8) is 0 Å². The average Bonchev–Trinajstić information content (AvgIpc) is 3.27.